The third-order valence-electron chi connectivity index (χ3n) is 8.25. The van der Waals surface area contributed by atoms with Crippen molar-refractivity contribution in [3.8, 4) is 0 Å². The Morgan fingerprint density at radius 2 is 1.05 bits per heavy atom. The monoisotopic (exact) mass is 558 g/mol. The van der Waals surface area contributed by atoms with Gasteiger partial charge in [0.25, 0.3) is 0 Å². The fourth-order valence-corrected chi connectivity index (χ4v) is 5.93. The van der Waals surface area contributed by atoms with Crippen LogP contribution in [-0.2, 0) is 4.74 Å². The van der Waals surface area contributed by atoms with Crippen molar-refractivity contribution in [2.75, 3.05) is 86.4 Å². The Kier molecular flexibility index (Phi) is 19.9. The quantitative estimate of drug-likeness (QED) is 0.439. The Bertz CT molecular complexity index is 435. The zero-order chi connectivity index (χ0) is 28.5. The molecule has 5 unspecified atom stereocenters. The van der Waals surface area contributed by atoms with Gasteiger partial charge in [-0.3, -0.25) is 4.90 Å². The van der Waals surface area contributed by atoms with Crippen LogP contribution in [0, 0.1) is 11.8 Å². The summed E-state index contributed by atoms with van der Waals surface area (Å²) in [5.41, 5.74) is 0. The number of ether oxygens (including phenoxy) is 1. The molecule has 5 rings (SSSR count). The summed E-state index contributed by atoms with van der Waals surface area (Å²) in [5.74, 6) is 3.11. The first-order valence-corrected chi connectivity index (χ1v) is 16.7. The molecule has 0 radical (unpaired) electrons. The minimum Gasteiger partial charge on any atom is -0.376 e. The molecule has 5 atom stereocenters. The number of hydrogen-bond donors (Lipinski definition) is 1. The van der Waals surface area contributed by atoms with Crippen LogP contribution in [0.2, 0.25) is 0 Å². The lowest BCUT2D eigenvalue weighted by Crippen LogP contribution is -2.42. The number of likely N-dealkylation sites (N-methyl/N-ethyl adjacent to an activating group) is 2. The fraction of sp³-hybridized carbons (Fsp3) is 1.00. The second-order valence-electron chi connectivity index (χ2n) is 13.1. The number of rotatable bonds is 0. The van der Waals surface area contributed by atoms with Gasteiger partial charge in [-0.2, -0.15) is 0 Å². The SMILES string of the molecule is CC1CCC(C)O1.CC1CCN(C)CC1.CC1CCN(C)CS1.CC1CNC(C)C1.CN1CCN(C)CC1. The van der Waals surface area contributed by atoms with Gasteiger partial charge in [-0.05, 0) is 126 Å². The van der Waals surface area contributed by atoms with Crippen LogP contribution >= 0.6 is 11.8 Å². The molecule has 0 amide bonds. The molecule has 0 spiro atoms. The molecule has 0 aromatic carbocycles. The van der Waals surface area contributed by atoms with Crippen LogP contribution in [0.1, 0.15) is 80.1 Å². The number of thioether (sulfide) groups is 1. The third-order valence-corrected chi connectivity index (χ3v) is 9.64. The lowest BCUT2D eigenvalue weighted by molar-refractivity contribution is 0.0673. The van der Waals surface area contributed by atoms with Gasteiger partial charge in [0, 0.05) is 43.3 Å². The molecule has 0 saturated carbocycles. The van der Waals surface area contributed by atoms with Crippen molar-refractivity contribution in [2.24, 2.45) is 11.8 Å². The Morgan fingerprint density at radius 1 is 0.579 bits per heavy atom. The second kappa shape index (κ2) is 20.9. The first kappa shape index (κ1) is 36.1. The van der Waals surface area contributed by atoms with Gasteiger partial charge < -0.3 is 24.8 Å². The highest BCUT2D eigenvalue weighted by atomic mass is 32.2. The van der Waals surface area contributed by atoms with E-state index < -0.39 is 0 Å². The Labute approximate surface area is 243 Å². The molecule has 7 heteroatoms. The van der Waals surface area contributed by atoms with E-state index >= 15 is 0 Å². The van der Waals surface area contributed by atoms with Gasteiger partial charge in [0.2, 0.25) is 0 Å². The number of piperazine rings is 1. The molecule has 5 aliphatic heterocycles. The van der Waals surface area contributed by atoms with Crippen LogP contribution < -0.4 is 5.32 Å². The zero-order valence-electron chi connectivity index (χ0n) is 27.2. The highest BCUT2D eigenvalue weighted by Crippen LogP contribution is 2.20. The summed E-state index contributed by atoms with van der Waals surface area (Å²) in [6.45, 7) is 23.5. The van der Waals surface area contributed by atoms with Crippen LogP contribution in [0.5, 0.6) is 0 Å². The summed E-state index contributed by atoms with van der Waals surface area (Å²) >= 11 is 2.05. The van der Waals surface area contributed by atoms with Gasteiger partial charge in [-0.25, -0.2) is 0 Å². The maximum atomic E-state index is 5.36. The van der Waals surface area contributed by atoms with E-state index in [1.807, 2.05) is 0 Å². The van der Waals surface area contributed by atoms with E-state index in [1.165, 1.54) is 96.8 Å². The molecule has 6 nitrogen and oxygen atoms in total. The van der Waals surface area contributed by atoms with E-state index in [1.54, 1.807) is 0 Å². The Balaban J connectivity index is 0.000000238. The van der Waals surface area contributed by atoms with Crippen molar-refractivity contribution < 1.29 is 4.74 Å². The summed E-state index contributed by atoms with van der Waals surface area (Å²) in [6.07, 6.45) is 9.07. The molecule has 0 aliphatic carbocycles. The van der Waals surface area contributed by atoms with Crippen LogP contribution in [0.15, 0.2) is 0 Å². The summed E-state index contributed by atoms with van der Waals surface area (Å²) in [7, 11) is 8.73. The van der Waals surface area contributed by atoms with Gasteiger partial charge in [0.1, 0.15) is 0 Å². The van der Waals surface area contributed by atoms with E-state index in [0.717, 1.165) is 23.1 Å². The van der Waals surface area contributed by atoms with Crippen molar-refractivity contribution in [2.45, 2.75) is 104 Å². The predicted molar refractivity (Wildman–Crippen MR) is 171 cm³/mol. The molecular weight excluding hydrogens is 490 g/mol. The van der Waals surface area contributed by atoms with Crippen molar-refractivity contribution in [1.82, 2.24) is 24.9 Å². The van der Waals surface area contributed by atoms with Gasteiger partial charge in [-0.15, -0.1) is 11.8 Å². The normalized spacial score (nSPS) is 33.5. The number of hydrogen-bond acceptors (Lipinski definition) is 7. The topological polar surface area (TPSA) is 34.2 Å². The minimum atomic E-state index is 0.523. The van der Waals surface area contributed by atoms with E-state index in [9.17, 15) is 0 Å². The molecule has 0 bridgehead atoms. The summed E-state index contributed by atoms with van der Waals surface area (Å²) in [4.78, 5) is 9.49. The van der Waals surface area contributed by atoms with Crippen LogP contribution in [0.25, 0.3) is 0 Å². The number of piperidine rings is 1. The summed E-state index contributed by atoms with van der Waals surface area (Å²) in [5, 5.41) is 4.26. The molecule has 0 aromatic rings. The number of nitrogens with one attached hydrogen (secondary N) is 1. The Morgan fingerprint density at radius 3 is 1.32 bits per heavy atom. The zero-order valence-corrected chi connectivity index (χ0v) is 28.0. The first-order valence-electron chi connectivity index (χ1n) is 15.7. The minimum absolute atomic E-state index is 0.523. The Hall–Kier alpha value is 0.110. The molecule has 5 heterocycles. The molecule has 5 aliphatic rings. The van der Waals surface area contributed by atoms with Crippen LogP contribution in [-0.4, -0.2) is 130 Å². The van der Waals surface area contributed by atoms with Crippen LogP contribution in [0.3, 0.4) is 0 Å². The maximum absolute atomic E-state index is 5.36. The average molecular weight is 558 g/mol. The van der Waals surface area contributed by atoms with E-state index in [-0.39, 0.29) is 0 Å². The van der Waals surface area contributed by atoms with E-state index in [2.05, 4.69) is 106 Å². The number of likely N-dealkylation sites (tertiary alicyclic amines) is 1. The maximum Gasteiger partial charge on any atom is 0.0551 e. The molecule has 0 aromatic heterocycles. The van der Waals surface area contributed by atoms with Crippen molar-refractivity contribution >= 4 is 11.8 Å². The summed E-state index contributed by atoms with van der Waals surface area (Å²) in [6, 6.07) is 0.773. The molecule has 5 fully saturated rings. The first-order chi connectivity index (χ1) is 17.9. The molecule has 5 saturated heterocycles. The smallest absolute Gasteiger partial charge is 0.0551 e. The lowest BCUT2D eigenvalue weighted by atomic mass is 10.00. The van der Waals surface area contributed by atoms with Crippen molar-refractivity contribution in [3.63, 3.8) is 0 Å². The summed E-state index contributed by atoms with van der Waals surface area (Å²) < 4.78 is 5.36. The molecular formula is C31H67N5OS. The average Bonchev–Trinajstić information content (AvgIpc) is 3.46. The van der Waals surface area contributed by atoms with Crippen molar-refractivity contribution in [3.05, 3.63) is 0 Å². The van der Waals surface area contributed by atoms with Gasteiger partial charge in [0.15, 0.2) is 0 Å². The van der Waals surface area contributed by atoms with Gasteiger partial charge in [0.05, 0.1) is 12.2 Å². The molecule has 228 valence electrons. The molecule has 38 heavy (non-hydrogen) atoms. The standard InChI is InChI=1S/C7H15N.C6H14N2.C6H13NS.C6H13N.C6H12O/c2*1-7-3-5-8(2)6-4-7;1-6-3-4-7(2)5-8-6;1-5-3-6(2)7-4-5;1-5-3-4-6(2)7-5/h7H,3-6H2,1-2H3;3-6H2,1-2H3;6H,3-5H2,1-2H3;5-7H,3-4H2,1-2H3;5-6H,3-4H2,1-2H3. The van der Waals surface area contributed by atoms with E-state index in [4.69, 9.17) is 4.74 Å². The van der Waals surface area contributed by atoms with Crippen molar-refractivity contribution in [1.29, 1.82) is 0 Å². The highest BCUT2D eigenvalue weighted by Gasteiger charge is 2.16. The number of nitrogens with zero attached hydrogens (tertiary/aromatic N) is 4. The van der Waals surface area contributed by atoms with E-state index in [0.29, 0.717) is 12.2 Å². The molecule has 1 N–H and O–H groups in total. The van der Waals surface area contributed by atoms with Gasteiger partial charge in [-0.1, -0.05) is 20.8 Å². The largest absolute Gasteiger partial charge is 0.376 e. The van der Waals surface area contributed by atoms with Crippen LogP contribution in [0.4, 0.5) is 0 Å². The third kappa shape index (κ3) is 19.2. The second-order valence-corrected chi connectivity index (χ2v) is 14.4. The fourth-order valence-electron chi connectivity index (χ4n) is 5.02. The predicted octanol–water partition coefficient (Wildman–Crippen LogP) is 5.19. The lowest BCUT2D eigenvalue weighted by Gasteiger charge is -2.28. The highest BCUT2D eigenvalue weighted by molar-refractivity contribution is 7.99. The van der Waals surface area contributed by atoms with Gasteiger partial charge >= 0.3 is 0 Å².